The molecule has 0 radical (unpaired) electrons. The fourth-order valence-electron chi connectivity index (χ4n) is 1.79. The predicted octanol–water partition coefficient (Wildman–Crippen LogP) is 2.43. The van der Waals surface area contributed by atoms with Crippen LogP contribution in [-0.4, -0.2) is 22.7 Å². The van der Waals surface area contributed by atoms with E-state index in [1.54, 1.807) is 11.3 Å². The van der Waals surface area contributed by atoms with Gasteiger partial charge in [-0.25, -0.2) is 0 Å². The van der Waals surface area contributed by atoms with Gasteiger partial charge in [0, 0.05) is 11.4 Å². The summed E-state index contributed by atoms with van der Waals surface area (Å²) >= 11 is 1.61. The monoisotopic (exact) mass is 314 g/mol. The largest absolute Gasteiger partial charge is 0.504 e. The van der Waals surface area contributed by atoms with Gasteiger partial charge in [-0.05, 0) is 41.6 Å². The molecule has 1 aromatic carbocycles. The molecule has 1 heterocycles. The van der Waals surface area contributed by atoms with Gasteiger partial charge in [0.1, 0.15) is 11.6 Å². The molecule has 0 unspecified atom stereocenters. The first-order valence-electron chi connectivity index (χ1n) is 6.54. The predicted molar refractivity (Wildman–Crippen MR) is 84.4 cm³/mol. The van der Waals surface area contributed by atoms with Crippen molar-refractivity contribution in [2.24, 2.45) is 0 Å². The van der Waals surface area contributed by atoms with Crippen molar-refractivity contribution in [3.63, 3.8) is 0 Å². The Bertz CT molecular complexity index is 730. The van der Waals surface area contributed by atoms with E-state index in [0.29, 0.717) is 18.5 Å². The van der Waals surface area contributed by atoms with Crippen molar-refractivity contribution in [2.45, 2.75) is 6.42 Å². The van der Waals surface area contributed by atoms with Gasteiger partial charge in [-0.1, -0.05) is 12.1 Å². The van der Waals surface area contributed by atoms with Crippen molar-refractivity contribution in [1.29, 1.82) is 5.26 Å². The maximum atomic E-state index is 11.9. The zero-order valence-corrected chi connectivity index (χ0v) is 12.4. The number of nitrogens with zero attached hydrogens (tertiary/aromatic N) is 1. The molecule has 2 aromatic rings. The second-order valence-corrected chi connectivity index (χ2v) is 5.54. The Labute approximate surface area is 131 Å². The molecule has 1 amide bonds. The van der Waals surface area contributed by atoms with Gasteiger partial charge in [0.25, 0.3) is 5.91 Å². The highest BCUT2D eigenvalue weighted by atomic mass is 32.1. The average molecular weight is 314 g/mol. The second kappa shape index (κ2) is 7.29. The number of aromatic hydroxyl groups is 2. The topological polar surface area (TPSA) is 93.3 Å². The van der Waals surface area contributed by atoms with Crippen LogP contribution in [-0.2, 0) is 11.2 Å². The van der Waals surface area contributed by atoms with Gasteiger partial charge < -0.3 is 15.5 Å². The van der Waals surface area contributed by atoms with Gasteiger partial charge in [-0.2, -0.15) is 5.26 Å². The maximum absolute atomic E-state index is 11.9. The molecule has 22 heavy (non-hydrogen) atoms. The lowest BCUT2D eigenvalue weighted by Crippen LogP contribution is -2.26. The van der Waals surface area contributed by atoms with Crippen molar-refractivity contribution in [1.82, 2.24) is 5.32 Å². The van der Waals surface area contributed by atoms with Crippen LogP contribution in [0.25, 0.3) is 6.08 Å². The van der Waals surface area contributed by atoms with E-state index < -0.39 is 5.91 Å². The van der Waals surface area contributed by atoms with E-state index in [2.05, 4.69) is 5.32 Å². The van der Waals surface area contributed by atoms with Crippen LogP contribution in [0.4, 0.5) is 0 Å². The first-order chi connectivity index (χ1) is 10.6. The Morgan fingerprint density at radius 2 is 2.14 bits per heavy atom. The number of nitrogens with one attached hydrogen (secondary N) is 1. The number of carbonyl (C=O) groups is 1. The molecular formula is C16H14N2O3S. The molecule has 112 valence electrons. The molecular weight excluding hydrogens is 300 g/mol. The first-order valence-corrected chi connectivity index (χ1v) is 7.42. The quantitative estimate of drug-likeness (QED) is 0.449. The summed E-state index contributed by atoms with van der Waals surface area (Å²) in [6.45, 7) is 0.444. The molecule has 0 spiro atoms. The van der Waals surface area contributed by atoms with E-state index in [9.17, 15) is 15.0 Å². The van der Waals surface area contributed by atoms with E-state index in [4.69, 9.17) is 5.26 Å². The van der Waals surface area contributed by atoms with Crippen molar-refractivity contribution < 1.29 is 15.0 Å². The summed E-state index contributed by atoms with van der Waals surface area (Å²) in [6, 6.07) is 9.85. The molecule has 0 aliphatic heterocycles. The second-order valence-electron chi connectivity index (χ2n) is 4.50. The number of hydrogen-bond donors (Lipinski definition) is 3. The first kappa shape index (κ1) is 15.6. The molecule has 0 aliphatic carbocycles. The number of hydrogen-bond acceptors (Lipinski definition) is 5. The van der Waals surface area contributed by atoms with Gasteiger partial charge in [-0.3, -0.25) is 4.79 Å². The van der Waals surface area contributed by atoms with Gasteiger partial charge in [0.15, 0.2) is 11.5 Å². The molecule has 0 fully saturated rings. The summed E-state index contributed by atoms with van der Waals surface area (Å²) in [5.41, 5.74) is 0.400. The Morgan fingerprint density at radius 1 is 1.32 bits per heavy atom. The minimum absolute atomic E-state index is 0.0590. The van der Waals surface area contributed by atoms with Crippen LogP contribution in [0.5, 0.6) is 11.5 Å². The highest BCUT2D eigenvalue weighted by Gasteiger charge is 2.09. The van der Waals surface area contributed by atoms with Crippen LogP contribution < -0.4 is 5.32 Å². The molecule has 6 heteroatoms. The van der Waals surface area contributed by atoms with Crippen LogP contribution in [0.1, 0.15) is 10.4 Å². The smallest absolute Gasteiger partial charge is 0.261 e. The van der Waals surface area contributed by atoms with Crippen molar-refractivity contribution in [2.75, 3.05) is 6.54 Å². The van der Waals surface area contributed by atoms with Crippen LogP contribution in [0.3, 0.4) is 0 Å². The average Bonchev–Trinajstić information content (AvgIpc) is 3.01. The number of amides is 1. The molecule has 0 atom stereocenters. The summed E-state index contributed by atoms with van der Waals surface area (Å²) in [4.78, 5) is 13.1. The number of phenols is 2. The van der Waals surface area contributed by atoms with Crippen molar-refractivity contribution in [3.05, 3.63) is 51.7 Å². The van der Waals surface area contributed by atoms with Crippen LogP contribution >= 0.6 is 11.3 Å². The molecule has 0 saturated carbocycles. The Morgan fingerprint density at radius 3 is 2.77 bits per heavy atom. The number of rotatable bonds is 5. The summed E-state index contributed by atoms with van der Waals surface area (Å²) < 4.78 is 0. The normalized spacial score (nSPS) is 11.0. The third-order valence-electron chi connectivity index (χ3n) is 2.91. The number of nitriles is 1. The molecule has 3 N–H and O–H groups in total. The van der Waals surface area contributed by atoms with E-state index in [1.807, 2.05) is 23.6 Å². The zero-order valence-electron chi connectivity index (χ0n) is 11.6. The number of thiophene rings is 1. The van der Waals surface area contributed by atoms with Gasteiger partial charge >= 0.3 is 0 Å². The van der Waals surface area contributed by atoms with Gasteiger partial charge in [0.2, 0.25) is 0 Å². The SMILES string of the molecule is N#CC(=Cc1ccc(O)c(O)c1)C(=O)NCCc1cccs1. The molecule has 0 saturated heterocycles. The lowest BCUT2D eigenvalue weighted by Gasteiger charge is -2.04. The lowest BCUT2D eigenvalue weighted by molar-refractivity contribution is -0.117. The van der Waals surface area contributed by atoms with Crippen LogP contribution in [0.15, 0.2) is 41.3 Å². The standard InChI is InChI=1S/C16H14N2O3S/c17-10-12(8-11-3-4-14(19)15(20)9-11)16(21)18-6-5-13-2-1-7-22-13/h1-4,7-9,19-20H,5-6H2,(H,18,21). The molecule has 1 aromatic heterocycles. The fourth-order valence-corrected chi connectivity index (χ4v) is 2.50. The number of carbonyl (C=O) groups excluding carboxylic acids is 1. The van der Waals surface area contributed by atoms with E-state index in [0.717, 1.165) is 4.88 Å². The Balaban J connectivity index is 2.00. The molecule has 5 nitrogen and oxygen atoms in total. The molecule has 0 aliphatic rings. The highest BCUT2D eigenvalue weighted by molar-refractivity contribution is 7.09. The minimum atomic E-state index is -0.466. The highest BCUT2D eigenvalue weighted by Crippen LogP contribution is 2.25. The lowest BCUT2D eigenvalue weighted by atomic mass is 10.1. The number of benzene rings is 1. The Kier molecular flexibility index (Phi) is 5.17. The molecule has 0 bridgehead atoms. The summed E-state index contributed by atoms with van der Waals surface area (Å²) in [7, 11) is 0. The fraction of sp³-hybridized carbons (Fsp3) is 0.125. The zero-order chi connectivity index (χ0) is 15.9. The van der Waals surface area contributed by atoms with E-state index in [1.165, 1.54) is 24.3 Å². The van der Waals surface area contributed by atoms with E-state index in [-0.39, 0.29) is 17.1 Å². The summed E-state index contributed by atoms with van der Waals surface area (Å²) in [6.07, 6.45) is 2.07. The maximum Gasteiger partial charge on any atom is 0.261 e. The minimum Gasteiger partial charge on any atom is -0.504 e. The van der Waals surface area contributed by atoms with Gasteiger partial charge in [0.05, 0.1) is 0 Å². The van der Waals surface area contributed by atoms with E-state index >= 15 is 0 Å². The summed E-state index contributed by atoms with van der Waals surface area (Å²) in [5.74, 6) is -1.02. The Hall–Kier alpha value is -2.78. The van der Waals surface area contributed by atoms with Gasteiger partial charge in [-0.15, -0.1) is 11.3 Å². The third-order valence-corrected chi connectivity index (χ3v) is 3.85. The number of phenolic OH excluding ortho intramolecular Hbond substituents is 2. The van der Waals surface area contributed by atoms with Crippen molar-refractivity contribution in [3.8, 4) is 17.6 Å². The third kappa shape index (κ3) is 4.11. The van der Waals surface area contributed by atoms with Crippen LogP contribution in [0, 0.1) is 11.3 Å². The molecule has 2 rings (SSSR count). The van der Waals surface area contributed by atoms with Crippen LogP contribution in [0.2, 0.25) is 0 Å². The summed E-state index contributed by atoms with van der Waals surface area (Å²) in [5, 5.41) is 32.4. The van der Waals surface area contributed by atoms with Crippen molar-refractivity contribution >= 4 is 23.3 Å².